The molecule has 0 spiro atoms. The van der Waals surface area contributed by atoms with Crippen LogP contribution in [0.5, 0.6) is 0 Å². The van der Waals surface area contributed by atoms with Gasteiger partial charge in [0.05, 0.1) is 5.01 Å². The summed E-state index contributed by atoms with van der Waals surface area (Å²) in [5, 5.41) is 7.90. The average Bonchev–Trinajstić information content (AvgIpc) is 3.02. The Bertz CT molecular complexity index is 564. The zero-order chi connectivity index (χ0) is 18.3. The number of rotatable bonds is 6. The standard InChI is InChI=1S/C16H26F3N5S.HI/c1-3-20-15(22-9-12-5-4-8-24(2)10-12)21-7-6-14-23-13(11-25-14)16(17,18)19;/h11-12H,3-10H2,1-2H3,(H2,20,21,22);1H. The maximum Gasteiger partial charge on any atom is 0.434 e. The highest BCUT2D eigenvalue weighted by molar-refractivity contribution is 14.0. The lowest BCUT2D eigenvalue weighted by Crippen LogP contribution is -2.39. The van der Waals surface area contributed by atoms with E-state index in [1.165, 1.54) is 12.8 Å². The lowest BCUT2D eigenvalue weighted by atomic mass is 9.99. The molecule has 0 radical (unpaired) electrons. The van der Waals surface area contributed by atoms with Gasteiger partial charge >= 0.3 is 6.18 Å². The van der Waals surface area contributed by atoms with E-state index in [1.54, 1.807) is 0 Å². The molecule has 1 saturated heterocycles. The zero-order valence-electron chi connectivity index (χ0n) is 15.1. The first-order chi connectivity index (χ1) is 11.9. The van der Waals surface area contributed by atoms with Gasteiger partial charge in [0.15, 0.2) is 11.7 Å². The highest BCUT2D eigenvalue weighted by Crippen LogP contribution is 2.29. The fourth-order valence-electron chi connectivity index (χ4n) is 2.83. The van der Waals surface area contributed by atoms with Crippen LogP contribution in [-0.2, 0) is 12.6 Å². The van der Waals surface area contributed by atoms with Crippen molar-refractivity contribution in [2.45, 2.75) is 32.4 Å². The molecular formula is C16H27F3IN5S. The second-order valence-corrected chi connectivity index (χ2v) is 7.23. The first-order valence-electron chi connectivity index (χ1n) is 8.60. The van der Waals surface area contributed by atoms with E-state index in [9.17, 15) is 13.2 Å². The average molecular weight is 505 g/mol. The van der Waals surface area contributed by atoms with Gasteiger partial charge in [0, 0.05) is 38.0 Å². The summed E-state index contributed by atoms with van der Waals surface area (Å²) in [4.78, 5) is 10.6. The molecule has 2 N–H and O–H groups in total. The number of hydrogen-bond donors (Lipinski definition) is 2. The number of thiazole rings is 1. The number of piperidine rings is 1. The summed E-state index contributed by atoms with van der Waals surface area (Å²) >= 11 is 1.04. The Morgan fingerprint density at radius 3 is 2.81 bits per heavy atom. The Balaban J connectivity index is 0.00000338. The van der Waals surface area contributed by atoms with Crippen LogP contribution in [0.1, 0.15) is 30.5 Å². The van der Waals surface area contributed by atoms with Crippen LogP contribution in [0.4, 0.5) is 13.2 Å². The molecule has 10 heteroatoms. The van der Waals surface area contributed by atoms with Gasteiger partial charge in [0.25, 0.3) is 0 Å². The highest BCUT2D eigenvalue weighted by atomic mass is 127. The van der Waals surface area contributed by atoms with Crippen LogP contribution in [0.3, 0.4) is 0 Å². The predicted octanol–water partition coefficient (Wildman–Crippen LogP) is 3.22. The van der Waals surface area contributed by atoms with Gasteiger partial charge in [-0.3, -0.25) is 4.99 Å². The Kier molecular flexibility index (Phi) is 10.2. The van der Waals surface area contributed by atoms with E-state index in [0.717, 1.165) is 42.9 Å². The molecule has 1 atom stereocenters. The van der Waals surface area contributed by atoms with Crippen LogP contribution in [0.15, 0.2) is 10.4 Å². The number of nitrogens with one attached hydrogen (secondary N) is 2. The van der Waals surface area contributed by atoms with Crippen molar-refractivity contribution in [3.8, 4) is 0 Å². The Morgan fingerprint density at radius 2 is 2.19 bits per heavy atom. The van der Waals surface area contributed by atoms with Gasteiger partial charge in [-0.2, -0.15) is 13.2 Å². The third-order valence-corrected chi connectivity index (χ3v) is 4.96. The summed E-state index contributed by atoms with van der Waals surface area (Å²) in [6.45, 7) is 6.19. The monoisotopic (exact) mass is 505 g/mol. The summed E-state index contributed by atoms with van der Waals surface area (Å²) in [5.74, 6) is 1.27. The fourth-order valence-corrected chi connectivity index (χ4v) is 3.63. The van der Waals surface area contributed by atoms with Gasteiger partial charge in [0.2, 0.25) is 0 Å². The molecule has 150 valence electrons. The van der Waals surface area contributed by atoms with E-state index < -0.39 is 11.9 Å². The highest BCUT2D eigenvalue weighted by Gasteiger charge is 2.33. The van der Waals surface area contributed by atoms with Crippen LogP contribution < -0.4 is 10.6 Å². The van der Waals surface area contributed by atoms with E-state index in [2.05, 4.69) is 32.6 Å². The molecule has 26 heavy (non-hydrogen) atoms. The number of guanidine groups is 1. The molecule has 0 aliphatic carbocycles. The Hall–Kier alpha value is -0.620. The SMILES string of the molecule is CCNC(=NCC1CCCN(C)C1)NCCc1nc(C(F)(F)F)cs1.I. The molecular weight excluding hydrogens is 478 g/mol. The third kappa shape index (κ3) is 7.95. The molecule has 5 nitrogen and oxygen atoms in total. The van der Waals surface area contributed by atoms with Crippen LogP contribution in [0, 0.1) is 5.92 Å². The van der Waals surface area contributed by atoms with Gasteiger partial charge in [-0.15, -0.1) is 35.3 Å². The van der Waals surface area contributed by atoms with Crippen molar-refractivity contribution in [2.75, 3.05) is 39.8 Å². The largest absolute Gasteiger partial charge is 0.434 e. The summed E-state index contributed by atoms with van der Waals surface area (Å²) in [6, 6.07) is 0. The van der Waals surface area contributed by atoms with Crippen LogP contribution >= 0.6 is 35.3 Å². The number of likely N-dealkylation sites (tertiary alicyclic amines) is 1. The van der Waals surface area contributed by atoms with Crippen LogP contribution in [0.25, 0.3) is 0 Å². The molecule has 1 aliphatic heterocycles. The van der Waals surface area contributed by atoms with Gasteiger partial charge in [0.1, 0.15) is 0 Å². The van der Waals surface area contributed by atoms with Crippen molar-refractivity contribution in [3.63, 3.8) is 0 Å². The topological polar surface area (TPSA) is 52.6 Å². The van der Waals surface area contributed by atoms with Crippen molar-refractivity contribution in [1.82, 2.24) is 20.5 Å². The van der Waals surface area contributed by atoms with Crippen LogP contribution in [0.2, 0.25) is 0 Å². The molecule has 1 aliphatic rings. The van der Waals surface area contributed by atoms with E-state index >= 15 is 0 Å². The maximum atomic E-state index is 12.6. The molecule has 1 aromatic heterocycles. The number of alkyl halides is 3. The molecule has 0 bridgehead atoms. The van der Waals surface area contributed by atoms with Crippen molar-refractivity contribution in [2.24, 2.45) is 10.9 Å². The fraction of sp³-hybridized carbons (Fsp3) is 0.750. The van der Waals surface area contributed by atoms with Crippen LogP contribution in [-0.4, -0.2) is 55.6 Å². The van der Waals surface area contributed by atoms with E-state index in [-0.39, 0.29) is 24.0 Å². The zero-order valence-corrected chi connectivity index (χ0v) is 18.3. The lowest BCUT2D eigenvalue weighted by molar-refractivity contribution is -0.140. The van der Waals surface area contributed by atoms with E-state index in [0.29, 0.717) is 29.9 Å². The Labute approximate surface area is 173 Å². The molecule has 0 aromatic carbocycles. The van der Waals surface area contributed by atoms with Crippen molar-refractivity contribution >= 4 is 41.3 Å². The summed E-state index contributed by atoms with van der Waals surface area (Å²) in [7, 11) is 2.13. The number of hydrogen-bond acceptors (Lipinski definition) is 4. The normalized spacial score (nSPS) is 19.1. The quantitative estimate of drug-likeness (QED) is 0.354. The minimum absolute atomic E-state index is 0. The minimum atomic E-state index is -4.37. The van der Waals surface area contributed by atoms with E-state index in [1.807, 2.05) is 6.92 Å². The van der Waals surface area contributed by atoms with Crippen molar-refractivity contribution in [1.29, 1.82) is 0 Å². The summed E-state index contributed by atoms with van der Waals surface area (Å²) in [6.07, 6.45) is -1.54. The number of halogens is 4. The van der Waals surface area contributed by atoms with Gasteiger partial charge in [-0.1, -0.05) is 0 Å². The smallest absolute Gasteiger partial charge is 0.357 e. The molecule has 2 heterocycles. The van der Waals surface area contributed by atoms with Crippen molar-refractivity contribution < 1.29 is 13.2 Å². The third-order valence-electron chi connectivity index (χ3n) is 4.05. The molecule has 0 amide bonds. The maximum absolute atomic E-state index is 12.6. The first-order valence-corrected chi connectivity index (χ1v) is 9.48. The number of aliphatic imine (C=N–C) groups is 1. The lowest BCUT2D eigenvalue weighted by Gasteiger charge is -2.28. The molecule has 1 unspecified atom stereocenters. The summed E-state index contributed by atoms with van der Waals surface area (Å²) < 4.78 is 37.7. The molecule has 1 aromatic rings. The first kappa shape index (κ1) is 23.4. The molecule has 0 saturated carbocycles. The van der Waals surface area contributed by atoms with Gasteiger partial charge in [-0.25, -0.2) is 4.98 Å². The predicted molar refractivity (Wildman–Crippen MR) is 110 cm³/mol. The molecule has 1 fully saturated rings. The second-order valence-electron chi connectivity index (χ2n) is 6.29. The minimum Gasteiger partial charge on any atom is -0.357 e. The number of aromatic nitrogens is 1. The van der Waals surface area contributed by atoms with Crippen molar-refractivity contribution in [3.05, 3.63) is 16.1 Å². The van der Waals surface area contributed by atoms with Gasteiger partial charge < -0.3 is 15.5 Å². The number of nitrogens with zero attached hydrogens (tertiary/aromatic N) is 3. The van der Waals surface area contributed by atoms with Gasteiger partial charge in [-0.05, 0) is 39.3 Å². The molecule has 2 rings (SSSR count). The second kappa shape index (κ2) is 11.3. The summed E-state index contributed by atoms with van der Waals surface area (Å²) in [5.41, 5.74) is -0.811. The Morgan fingerprint density at radius 1 is 1.42 bits per heavy atom. The van der Waals surface area contributed by atoms with E-state index in [4.69, 9.17) is 0 Å².